The molecule has 0 bridgehead atoms. The molecule has 4 fully saturated rings. The summed E-state index contributed by atoms with van der Waals surface area (Å²) in [5.41, 5.74) is 0.404. The number of aliphatic hydroxyl groups excluding tert-OH is 3. The summed E-state index contributed by atoms with van der Waals surface area (Å²) in [5, 5.41) is 33.5. The van der Waals surface area contributed by atoms with Gasteiger partial charge < -0.3 is 19.7 Å². The Bertz CT molecular complexity index is 1130. The fourth-order valence-corrected chi connectivity index (χ4v) is 9.76. The molecule has 6 rings (SSSR count). The Kier molecular flexibility index (Phi) is 6.24. The molecule has 0 radical (unpaired) electrons. The van der Waals surface area contributed by atoms with Gasteiger partial charge in [-0.15, -0.1) is 0 Å². The third-order valence-corrected chi connectivity index (χ3v) is 11.8. The van der Waals surface area contributed by atoms with Gasteiger partial charge in [0.25, 0.3) is 0 Å². The van der Waals surface area contributed by atoms with Crippen molar-refractivity contribution >= 4 is 11.1 Å². The number of hydrogen-bond donors (Lipinski definition) is 3. The lowest BCUT2D eigenvalue weighted by Gasteiger charge is -2.63. The number of aliphatic hydroxyl groups is 3. The summed E-state index contributed by atoms with van der Waals surface area (Å²) < 4.78 is 32.9. The van der Waals surface area contributed by atoms with Crippen molar-refractivity contribution in [3.05, 3.63) is 29.7 Å². The molecule has 37 heavy (non-hydrogen) atoms. The molecule has 4 saturated carbocycles. The number of nitrogens with zero attached hydrogens (tertiary/aromatic N) is 1. The Hall–Kier alpha value is -1.57. The van der Waals surface area contributed by atoms with Crippen molar-refractivity contribution in [2.75, 3.05) is 0 Å². The molecule has 11 atom stereocenters. The van der Waals surface area contributed by atoms with Gasteiger partial charge in [0, 0.05) is 18.6 Å². The fourth-order valence-electron chi connectivity index (χ4n) is 9.76. The molecule has 0 amide bonds. The minimum Gasteiger partial charge on any atom is -0.441 e. The van der Waals surface area contributed by atoms with E-state index in [1.807, 2.05) is 0 Å². The van der Waals surface area contributed by atoms with Crippen molar-refractivity contribution in [2.45, 2.75) is 96.9 Å². The molecule has 1 unspecified atom stereocenters. The van der Waals surface area contributed by atoms with Crippen molar-refractivity contribution < 1.29 is 28.5 Å². The second-order valence-corrected chi connectivity index (χ2v) is 13.4. The van der Waals surface area contributed by atoms with E-state index in [-0.39, 0.29) is 46.4 Å². The third kappa shape index (κ3) is 3.89. The summed E-state index contributed by atoms with van der Waals surface area (Å²) in [6, 6.07) is 2.13. The largest absolute Gasteiger partial charge is 0.441 e. The van der Waals surface area contributed by atoms with E-state index < -0.39 is 17.7 Å². The molecule has 204 valence electrons. The number of oxazole rings is 1. The monoisotopic (exact) mass is 517 g/mol. The van der Waals surface area contributed by atoms with Gasteiger partial charge in [-0.05, 0) is 97.7 Å². The van der Waals surface area contributed by atoms with E-state index in [4.69, 9.17) is 4.42 Å². The van der Waals surface area contributed by atoms with E-state index in [1.54, 1.807) is 0 Å². The summed E-state index contributed by atoms with van der Waals surface area (Å²) in [5.74, 6) is 0.328. The number of hydrogen-bond acceptors (Lipinski definition) is 5. The zero-order valence-corrected chi connectivity index (χ0v) is 22.2. The normalized spacial score (nSPS) is 44.3. The van der Waals surface area contributed by atoms with E-state index in [0.717, 1.165) is 63.5 Å². The zero-order valence-electron chi connectivity index (χ0n) is 22.2. The minimum atomic E-state index is -0.937. The van der Waals surface area contributed by atoms with Crippen molar-refractivity contribution in [2.24, 2.45) is 46.3 Å². The Morgan fingerprint density at radius 1 is 1.03 bits per heavy atom. The van der Waals surface area contributed by atoms with Gasteiger partial charge in [0.15, 0.2) is 23.1 Å². The molecule has 0 saturated heterocycles. The van der Waals surface area contributed by atoms with E-state index in [9.17, 15) is 24.1 Å². The van der Waals surface area contributed by atoms with Gasteiger partial charge in [-0.1, -0.05) is 20.8 Å². The first kappa shape index (κ1) is 25.7. The maximum atomic E-state index is 13.6. The molecule has 0 spiro atoms. The molecule has 4 aliphatic rings. The number of rotatable bonds is 4. The van der Waals surface area contributed by atoms with E-state index in [1.165, 1.54) is 0 Å². The van der Waals surface area contributed by atoms with Gasteiger partial charge in [-0.25, -0.2) is 13.8 Å². The molecular formula is C30H41F2NO4. The standard InChI is InChI=1S/C30H41F2NO4/c1-15(4-7-27-33-23-13-21(31)22(32)14-25(23)37-27)18-5-6-19-28-20(12-26(36)30(18,19)3)29(2)9-8-17(34)10-16(29)11-24(28)35/h13-20,24,26,28,34-36H,4-12H2,1-3H3/t15?,16-,17+,18+,19-,20-,24+,26-,28-,29-,30+/m0/s1. The van der Waals surface area contributed by atoms with Gasteiger partial charge in [0.05, 0.1) is 18.3 Å². The van der Waals surface area contributed by atoms with Crippen LogP contribution in [-0.4, -0.2) is 38.6 Å². The van der Waals surface area contributed by atoms with Crippen LogP contribution in [0.1, 0.15) is 78.0 Å². The Balaban J connectivity index is 1.20. The van der Waals surface area contributed by atoms with Crippen molar-refractivity contribution in [3.8, 4) is 0 Å². The molecule has 1 aromatic heterocycles. The Labute approximate surface area is 217 Å². The molecule has 4 aliphatic carbocycles. The molecule has 1 heterocycles. The van der Waals surface area contributed by atoms with Crippen LogP contribution in [0.15, 0.2) is 16.5 Å². The second-order valence-electron chi connectivity index (χ2n) is 13.4. The number of halogens is 2. The summed E-state index contributed by atoms with van der Waals surface area (Å²) in [7, 11) is 0. The maximum Gasteiger partial charge on any atom is 0.195 e. The first-order valence-corrected chi connectivity index (χ1v) is 14.3. The lowest BCUT2D eigenvalue weighted by molar-refractivity contribution is -0.207. The molecule has 3 N–H and O–H groups in total. The van der Waals surface area contributed by atoms with Crippen LogP contribution in [0.3, 0.4) is 0 Å². The van der Waals surface area contributed by atoms with E-state index in [2.05, 4.69) is 25.8 Å². The SMILES string of the molecule is CC(CCc1nc2cc(F)c(F)cc2o1)[C@H]1CC[C@H]2[C@@H]3[C@H](O)C[C@@H]4C[C@H](O)CC[C@]4(C)[C@H]3C[C@H](O)[C@]12C. The summed E-state index contributed by atoms with van der Waals surface area (Å²) >= 11 is 0. The Morgan fingerprint density at radius 3 is 2.57 bits per heavy atom. The topological polar surface area (TPSA) is 86.7 Å². The van der Waals surface area contributed by atoms with E-state index >= 15 is 0 Å². The van der Waals surface area contributed by atoms with Gasteiger partial charge in [0.2, 0.25) is 0 Å². The quantitative estimate of drug-likeness (QED) is 0.489. The molecule has 1 aromatic carbocycles. The lowest BCUT2D eigenvalue weighted by atomic mass is 9.43. The highest BCUT2D eigenvalue weighted by molar-refractivity contribution is 5.72. The zero-order chi connectivity index (χ0) is 26.3. The highest BCUT2D eigenvalue weighted by Gasteiger charge is 2.65. The molecule has 5 nitrogen and oxygen atoms in total. The predicted octanol–water partition coefficient (Wildman–Crippen LogP) is 5.64. The average Bonchev–Trinajstić information content (AvgIpc) is 3.40. The Morgan fingerprint density at radius 2 is 1.78 bits per heavy atom. The average molecular weight is 518 g/mol. The molecule has 2 aromatic rings. The maximum absolute atomic E-state index is 13.6. The van der Waals surface area contributed by atoms with Crippen LogP contribution in [0.2, 0.25) is 0 Å². The van der Waals surface area contributed by atoms with Crippen molar-refractivity contribution in [1.82, 2.24) is 4.98 Å². The van der Waals surface area contributed by atoms with Crippen LogP contribution in [-0.2, 0) is 6.42 Å². The second kappa shape index (κ2) is 8.99. The van der Waals surface area contributed by atoms with Gasteiger partial charge >= 0.3 is 0 Å². The van der Waals surface area contributed by atoms with Crippen molar-refractivity contribution in [1.29, 1.82) is 0 Å². The van der Waals surface area contributed by atoms with Crippen LogP contribution >= 0.6 is 0 Å². The predicted molar refractivity (Wildman–Crippen MR) is 135 cm³/mol. The highest BCUT2D eigenvalue weighted by atomic mass is 19.2. The van der Waals surface area contributed by atoms with Crippen LogP contribution in [0.4, 0.5) is 8.78 Å². The van der Waals surface area contributed by atoms with Crippen molar-refractivity contribution in [3.63, 3.8) is 0 Å². The fraction of sp³-hybridized carbons (Fsp3) is 0.767. The number of fused-ring (bicyclic) bond motifs is 6. The summed E-state index contributed by atoms with van der Waals surface area (Å²) in [6.45, 7) is 6.84. The number of aromatic nitrogens is 1. The minimum absolute atomic E-state index is 0.0705. The van der Waals surface area contributed by atoms with Crippen LogP contribution < -0.4 is 0 Å². The van der Waals surface area contributed by atoms with Gasteiger partial charge in [0.1, 0.15) is 5.52 Å². The highest BCUT2D eigenvalue weighted by Crippen LogP contribution is 2.68. The van der Waals surface area contributed by atoms with E-state index in [0.29, 0.717) is 35.6 Å². The van der Waals surface area contributed by atoms with Crippen LogP contribution in [0.25, 0.3) is 11.1 Å². The summed E-state index contributed by atoms with van der Waals surface area (Å²) in [4.78, 5) is 4.37. The summed E-state index contributed by atoms with van der Waals surface area (Å²) in [6.07, 6.45) is 6.41. The van der Waals surface area contributed by atoms with Gasteiger partial charge in [-0.3, -0.25) is 0 Å². The number of benzene rings is 1. The third-order valence-electron chi connectivity index (χ3n) is 11.8. The lowest BCUT2D eigenvalue weighted by Crippen LogP contribution is -2.62. The van der Waals surface area contributed by atoms with Crippen LogP contribution in [0.5, 0.6) is 0 Å². The molecular weight excluding hydrogens is 476 g/mol. The van der Waals surface area contributed by atoms with Gasteiger partial charge in [-0.2, -0.15) is 0 Å². The first-order valence-electron chi connectivity index (χ1n) is 14.3. The van der Waals surface area contributed by atoms with Crippen LogP contribution in [0, 0.1) is 58.0 Å². The smallest absolute Gasteiger partial charge is 0.195 e. The first-order chi connectivity index (χ1) is 17.5. The number of aryl methyl sites for hydroxylation is 1. The molecule has 0 aliphatic heterocycles. The molecule has 7 heteroatoms.